The highest BCUT2D eigenvalue weighted by Gasteiger charge is 2.37. The Kier molecular flexibility index (Phi) is 4.41. The summed E-state index contributed by atoms with van der Waals surface area (Å²) in [7, 11) is 1.54. The van der Waals surface area contributed by atoms with Gasteiger partial charge in [-0.1, -0.05) is 17.3 Å². The molecule has 140 valence electrons. The number of aliphatic hydroxyl groups excluding tert-OH is 1. The average Bonchev–Trinajstić information content (AvgIpc) is 3.37. The first-order valence-corrected chi connectivity index (χ1v) is 8.52. The van der Waals surface area contributed by atoms with Gasteiger partial charge in [-0.3, -0.25) is 9.59 Å². The normalized spacial score (nSPS) is 15.8. The Bertz CT molecular complexity index is 1050. The van der Waals surface area contributed by atoms with Gasteiger partial charge in [-0.25, -0.2) is 0 Å². The van der Waals surface area contributed by atoms with Crippen molar-refractivity contribution in [2.75, 3.05) is 18.6 Å². The van der Waals surface area contributed by atoms with E-state index in [-0.39, 0.29) is 17.9 Å². The van der Waals surface area contributed by atoms with Crippen LogP contribution in [-0.2, 0) is 9.59 Å². The number of ketones is 1. The minimum atomic E-state index is -0.714. The Labute approximate surface area is 160 Å². The minimum absolute atomic E-state index is 0.00115. The molecule has 28 heavy (non-hydrogen) atoms. The van der Waals surface area contributed by atoms with Gasteiger partial charge in [0.2, 0.25) is 0 Å². The summed E-state index contributed by atoms with van der Waals surface area (Å²) in [5.41, 5.74) is 2.57. The number of amides is 1. The van der Waals surface area contributed by atoms with E-state index in [0.717, 1.165) is 5.56 Å². The number of aromatic nitrogens is 1. The zero-order valence-electron chi connectivity index (χ0n) is 15.0. The van der Waals surface area contributed by atoms with Crippen LogP contribution in [0.25, 0.3) is 17.0 Å². The number of carbonyl (C=O) groups is 2. The average molecular weight is 376 g/mol. The number of benzene rings is 2. The predicted octanol–water partition coefficient (Wildman–Crippen LogP) is 3.24. The van der Waals surface area contributed by atoms with Crippen LogP contribution in [0.4, 0.5) is 5.69 Å². The van der Waals surface area contributed by atoms with Crippen LogP contribution in [0, 0.1) is 0 Å². The van der Waals surface area contributed by atoms with E-state index in [9.17, 15) is 14.7 Å². The smallest absolute Gasteiger partial charge is 0.299 e. The van der Waals surface area contributed by atoms with Gasteiger partial charge in [0.15, 0.2) is 0 Å². The van der Waals surface area contributed by atoms with Gasteiger partial charge in [0.25, 0.3) is 11.7 Å². The van der Waals surface area contributed by atoms with E-state index < -0.39 is 11.7 Å². The lowest BCUT2D eigenvalue weighted by Crippen LogP contribution is -2.26. The van der Waals surface area contributed by atoms with Crippen molar-refractivity contribution in [2.24, 2.45) is 0 Å². The van der Waals surface area contributed by atoms with Crippen molar-refractivity contribution >= 4 is 23.1 Å². The summed E-state index contributed by atoms with van der Waals surface area (Å²) in [6, 6.07) is 15.4. The number of aliphatic hydroxyl groups is 1. The van der Waals surface area contributed by atoms with E-state index in [1.54, 1.807) is 54.6 Å². The number of ether oxygens (including phenoxy) is 1. The maximum atomic E-state index is 12.4. The first-order valence-electron chi connectivity index (χ1n) is 8.52. The molecule has 0 spiro atoms. The molecule has 2 heterocycles. The minimum Gasteiger partial charge on any atom is -0.507 e. The van der Waals surface area contributed by atoms with Gasteiger partial charge in [-0.2, -0.15) is 0 Å². The van der Waals surface area contributed by atoms with Crippen molar-refractivity contribution in [3.05, 3.63) is 72.0 Å². The number of rotatable bonds is 4. The summed E-state index contributed by atoms with van der Waals surface area (Å²) in [5.74, 6) is -0.968. The van der Waals surface area contributed by atoms with Gasteiger partial charge in [-0.15, -0.1) is 0 Å². The fourth-order valence-electron chi connectivity index (χ4n) is 3.04. The van der Waals surface area contributed by atoms with Crippen LogP contribution in [-0.4, -0.2) is 35.6 Å². The third kappa shape index (κ3) is 3.03. The summed E-state index contributed by atoms with van der Waals surface area (Å²) in [4.78, 5) is 26.2. The molecule has 4 rings (SSSR count). The highest BCUT2D eigenvalue weighted by atomic mass is 16.5. The Hall–Kier alpha value is -3.87. The molecule has 0 saturated carbocycles. The molecule has 0 aliphatic carbocycles. The number of anilines is 1. The fourth-order valence-corrected chi connectivity index (χ4v) is 3.04. The maximum Gasteiger partial charge on any atom is 0.299 e. The molecule has 7 heteroatoms. The molecule has 0 unspecified atom stereocenters. The molecule has 1 aromatic heterocycles. The van der Waals surface area contributed by atoms with Crippen molar-refractivity contribution in [2.45, 2.75) is 0 Å². The number of carbonyl (C=O) groups excluding carboxylic acids is 2. The van der Waals surface area contributed by atoms with Crippen molar-refractivity contribution in [3.63, 3.8) is 0 Å². The molecule has 3 aromatic rings. The summed E-state index contributed by atoms with van der Waals surface area (Å²) in [6.07, 6.45) is 1.48. The van der Waals surface area contributed by atoms with Crippen molar-refractivity contribution in [3.8, 4) is 17.0 Å². The highest BCUT2D eigenvalue weighted by Crippen LogP contribution is 2.29. The van der Waals surface area contributed by atoms with Gasteiger partial charge in [0.05, 0.1) is 19.2 Å². The van der Waals surface area contributed by atoms with Crippen LogP contribution in [0.5, 0.6) is 5.75 Å². The van der Waals surface area contributed by atoms with E-state index >= 15 is 0 Å². The third-order valence-corrected chi connectivity index (χ3v) is 4.59. The Morgan fingerprint density at radius 1 is 1.07 bits per heavy atom. The van der Waals surface area contributed by atoms with Gasteiger partial charge in [0, 0.05) is 22.9 Å². The highest BCUT2D eigenvalue weighted by molar-refractivity contribution is 6.51. The van der Waals surface area contributed by atoms with Crippen molar-refractivity contribution in [1.82, 2.24) is 5.16 Å². The van der Waals surface area contributed by atoms with Crippen molar-refractivity contribution in [1.29, 1.82) is 0 Å². The monoisotopic (exact) mass is 376 g/mol. The summed E-state index contributed by atoms with van der Waals surface area (Å²) in [6.45, 7) is -0.00115. The largest absolute Gasteiger partial charge is 0.507 e. The van der Waals surface area contributed by atoms with Crippen LogP contribution < -0.4 is 9.64 Å². The molecule has 0 bridgehead atoms. The number of Topliss-reactive ketones (excluding diaryl/α,β-unsaturated/α-hetero) is 1. The van der Waals surface area contributed by atoms with Gasteiger partial charge < -0.3 is 19.3 Å². The molecule has 1 saturated heterocycles. The Morgan fingerprint density at radius 3 is 2.39 bits per heavy atom. The number of hydrogen-bond donors (Lipinski definition) is 1. The second-order valence-corrected chi connectivity index (χ2v) is 6.21. The molecule has 1 aliphatic rings. The van der Waals surface area contributed by atoms with Crippen molar-refractivity contribution < 1.29 is 24.0 Å². The van der Waals surface area contributed by atoms with Gasteiger partial charge in [0.1, 0.15) is 23.5 Å². The van der Waals surface area contributed by atoms with E-state index in [1.807, 2.05) is 0 Å². The third-order valence-electron chi connectivity index (χ3n) is 4.59. The Morgan fingerprint density at radius 2 is 1.79 bits per heavy atom. The first-order chi connectivity index (χ1) is 13.6. The van der Waals surface area contributed by atoms with Crippen LogP contribution >= 0.6 is 0 Å². The lowest BCUT2D eigenvalue weighted by atomic mass is 10.1. The summed E-state index contributed by atoms with van der Waals surface area (Å²) in [5, 5.41) is 14.4. The lowest BCUT2D eigenvalue weighted by molar-refractivity contribution is -0.132. The number of nitrogens with zero attached hydrogens (tertiary/aromatic N) is 2. The van der Waals surface area contributed by atoms with E-state index in [0.29, 0.717) is 22.7 Å². The molecule has 1 aliphatic heterocycles. The molecule has 1 amide bonds. The quantitative estimate of drug-likeness (QED) is 0.427. The summed E-state index contributed by atoms with van der Waals surface area (Å²) >= 11 is 0. The molecular formula is C21H16N2O5. The maximum absolute atomic E-state index is 12.4. The standard InChI is InChI=1S/C21H16N2O5/c1-27-16-8-4-14(5-9-16)19(24)17-12-23(21(26)20(17)25)15-6-2-13(3-7-15)18-10-11-28-22-18/h2-11,24H,12H2,1H3/b19-17-. The second-order valence-electron chi connectivity index (χ2n) is 6.21. The SMILES string of the molecule is COc1ccc(/C(O)=C2\CN(c3ccc(-c4ccon4)cc3)C(=O)C2=O)cc1. The molecule has 2 aromatic carbocycles. The number of methoxy groups -OCH3 is 1. The van der Waals surface area contributed by atoms with Crippen LogP contribution in [0.1, 0.15) is 5.56 Å². The Balaban J connectivity index is 1.62. The molecular weight excluding hydrogens is 360 g/mol. The molecule has 0 radical (unpaired) electrons. The second kappa shape index (κ2) is 7.03. The molecule has 0 atom stereocenters. The molecule has 1 N–H and O–H groups in total. The van der Waals surface area contributed by atoms with Crippen LogP contribution in [0.3, 0.4) is 0 Å². The molecule has 1 fully saturated rings. The predicted molar refractivity (Wildman–Crippen MR) is 102 cm³/mol. The topological polar surface area (TPSA) is 92.9 Å². The van der Waals surface area contributed by atoms with Gasteiger partial charge >= 0.3 is 0 Å². The van der Waals surface area contributed by atoms with Gasteiger partial charge in [-0.05, 0) is 36.4 Å². The van der Waals surface area contributed by atoms with Crippen LogP contribution in [0.15, 0.2) is 71.0 Å². The zero-order valence-corrected chi connectivity index (χ0v) is 15.0. The van der Waals surface area contributed by atoms with Crippen LogP contribution in [0.2, 0.25) is 0 Å². The number of hydrogen-bond acceptors (Lipinski definition) is 6. The molecule has 7 nitrogen and oxygen atoms in total. The lowest BCUT2D eigenvalue weighted by Gasteiger charge is -2.14. The fraction of sp³-hybridized carbons (Fsp3) is 0.0952. The summed E-state index contributed by atoms with van der Waals surface area (Å²) < 4.78 is 9.91. The van der Waals surface area contributed by atoms with E-state index in [1.165, 1.54) is 18.3 Å². The first kappa shape index (κ1) is 17.5. The zero-order chi connectivity index (χ0) is 19.7. The van der Waals surface area contributed by atoms with E-state index in [2.05, 4.69) is 5.16 Å². The van der Waals surface area contributed by atoms with E-state index in [4.69, 9.17) is 9.26 Å².